The molecule has 0 unspecified atom stereocenters. The van der Waals surface area contributed by atoms with Crippen LogP contribution in [0, 0.1) is 5.92 Å². The van der Waals surface area contributed by atoms with Gasteiger partial charge in [-0.2, -0.15) is 5.48 Å². The first-order valence-electron chi connectivity index (χ1n) is 5.27. The highest BCUT2D eigenvalue weighted by Crippen LogP contribution is 1.99. The molecule has 0 atom stereocenters. The molecule has 1 aromatic rings. The number of carbonyl (C=O) groups excluding carboxylic acids is 1. The minimum atomic E-state index is -0.551. The standard InChI is InChI=1S/C12H17NO3/c1-10(2)8-15-12(14)13-16-9-11-6-4-3-5-7-11/h3-7,10H,8-9H2,1-2H3,(H,13,14). The molecule has 1 N–H and O–H groups in total. The first kappa shape index (κ1) is 12.5. The van der Waals surface area contributed by atoms with Gasteiger partial charge in [0, 0.05) is 0 Å². The fourth-order valence-corrected chi connectivity index (χ4v) is 1.02. The van der Waals surface area contributed by atoms with Crippen LogP contribution >= 0.6 is 0 Å². The second-order valence-electron chi connectivity index (χ2n) is 3.87. The number of rotatable bonds is 5. The van der Waals surface area contributed by atoms with Gasteiger partial charge in [-0.25, -0.2) is 4.79 Å². The monoisotopic (exact) mass is 223 g/mol. The highest BCUT2D eigenvalue weighted by Gasteiger charge is 2.03. The Labute approximate surface area is 95.5 Å². The molecule has 0 aliphatic heterocycles. The van der Waals surface area contributed by atoms with E-state index in [9.17, 15) is 4.79 Å². The lowest BCUT2D eigenvalue weighted by atomic mass is 10.2. The van der Waals surface area contributed by atoms with E-state index < -0.39 is 6.09 Å². The third kappa shape index (κ3) is 5.36. The summed E-state index contributed by atoms with van der Waals surface area (Å²) in [6, 6.07) is 9.58. The van der Waals surface area contributed by atoms with Gasteiger partial charge < -0.3 is 4.74 Å². The summed E-state index contributed by atoms with van der Waals surface area (Å²) in [5, 5.41) is 0. The van der Waals surface area contributed by atoms with Crippen LogP contribution in [0.4, 0.5) is 4.79 Å². The number of nitrogens with one attached hydrogen (secondary N) is 1. The zero-order chi connectivity index (χ0) is 11.8. The minimum Gasteiger partial charge on any atom is -0.448 e. The van der Waals surface area contributed by atoms with Crippen LogP contribution < -0.4 is 5.48 Å². The summed E-state index contributed by atoms with van der Waals surface area (Å²) in [5.41, 5.74) is 3.22. The highest BCUT2D eigenvalue weighted by molar-refractivity contribution is 5.65. The smallest absolute Gasteiger partial charge is 0.431 e. The van der Waals surface area contributed by atoms with Crippen molar-refractivity contribution in [3.05, 3.63) is 35.9 Å². The summed E-state index contributed by atoms with van der Waals surface area (Å²) in [6.45, 7) is 4.66. The molecule has 1 aromatic carbocycles. The molecule has 0 saturated carbocycles. The van der Waals surface area contributed by atoms with Gasteiger partial charge >= 0.3 is 6.09 Å². The maximum absolute atomic E-state index is 11.1. The van der Waals surface area contributed by atoms with Crippen LogP contribution in [-0.2, 0) is 16.2 Å². The SMILES string of the molecule is CC(C)COC(=O)NOCc1ccccc1. The second kappa shape index (κ2) is 6.85. The van der Waals surface area contributed by atoms with Crippen molar-refractivity contribution in [1.29, 1.82) is 0 Å². The third-order valence-electron chi connectivity index (χ3n) is 1.78. The van der Waals surface area contributed by atoms with E-state index >= 15 is 0 Å². The van der Waals surface area contributed by atoms with Gasteiger partial charge in [0.1, 0.15) is 0 Å². The van der Waals surface area contributed by atoms with Gasteiger partial charge in [-0.3, -0.25) is 4.84 Å². The molecular formula is C12H17NO3. The minimum absolute atomic E-state index is 0.319. The molecule has 0 aliphatic carbocycles. The van der Waals surface area contributed by atoms with Crippen LogP contribution in [0.1, 0.15) is 19.4 Å². The number of hydroxylamine groups is 1. The fraction of sp³-hybridized carbons (Fsp3) is 0.417. The van der Waals surface area contributed by atoms with Gasteiger partial charge in [0.05, 0.1) is 13.2 Å². The molecule has 4 nitrogen and oxygen atoms in total. The summed E-state index contributed by atoms with van der Waals surface area (Å²) >= 11 is 0. The lowest BCUT2D eigenvalue weighted by Crippen LogP contribution is -2.25. The first-order valence-corrected chi connectivity index (χ1v) is 5.27. The van der Waals surface area contributed by atoms with Crippen LogP contribution in [0.5, 0.6) is 0 Å². The maximum atomic E-state index is 11.1. The predicted octanol–water partition coefficient (Wildman–Crippen LogP) is 2.50. The molecule has 0 bridgehead atoms. The molecule has 0 radical (unpaired) electrons. The Kier molecular flexibility index (Phi) is 5.36. The Balaban J connectivity index is 2.13. The topological polar surface area (TPSA) is 47.6 Å². The zero-order valence-electron chi connectivity index (χ0n) is 9.60. The molecule has 0 aromatic heterocycles. The van der Waals surface area contributed by atoms with Gasteiger partial charge in [-0.1, -0.05) is 44.2 Å². The van der Waals surface area contributed by atoms with E-state index in [0.717, 1.165) is 5.56 Å². The first-order chi connectivity index (χ1) is 7.68. The molecule has 88 valence electrons. The highest BCUT2D eigenvalue weighted by atomic mass is 16.7. The van der Waals surface area contributed by atoms with Crippen molar-refractivity contribution in [2.75, 3.05) is 6.61 Å². The molecule has 16 heavy (non-hydrogen) atoms. The summed E-state index contributed by atoms with van der Waals surface area (Å²) in [6.07, 6.45) is -0.551. The lowest BCUT2D eigenvalue weighted by Gasteiger charge is -2.08. The second-order valence-corrected chi connectivity index (χ2v) is 3.87. The third-order valence-corrected chi connectivity index (χ3v) is 1.78. The number of ether oxygens (including phenoxy) is 1. The summed E-state index contributed by atoms with van der Waals surface area (Å²) in [5.74, 6) is 0.319. The molecule has 0 heterocycles. The van der Waals surface area contributed by atoms with Crippen LogP contribution in [-0.4, -0.2) is 12.7 Å². The van der Waals surface area contributed by atoms with Crippen molar-refractivity contribution < 1.29 is 14.4 Å². The van der Waals surface area contributed by atoms with E-state index in [0.29, 0.717) is 19.1 Å². The van der Waals surface area contributed by atoms with Crippen molar-refractivity contribution >= 4 is 6.09 Å². The number of hydrogen-bond donors (Lipinski definition) is 1. The van der Waals surface area contributed by atoms with Crippen LogP contribution in [0.2, 0.25) is 0 Å². The van der Waals surface area contributed by atoms with Crippen LogP contribution in [0.3, 0.4) is 0 Å². The maximum Gasteiger partial charge on any atom is 0.431 e. The van der Waals surface area contributed by atoms with E-state index in [4.69, 9.17) is 9.57 Å². The average Bonchev–Trinajstić information content (AvgIpc) is 2.28. The van der Waals surface area contributed by atoms with E-state index in [1.54, 1.807) is 0 Å². The van der Waals surface area contributed by atoms with Crippen molar-refractivity contribution in [3.8, 4) is 0 Å². The van der Waals surface area contributed by atoms with Crippen LogP contribution in [0.25, 0.3) is 0 Å². The number of carbonyl (C=O) groups is 1. The number of benzene rings is 1. The van der Waals surface area contributed by atoms with Crippen molar-refractivity contribution in [2.24, 2.45) is 5.92 Å². The van der Waals surface area contributed by atoms with Crippen LogP contribution in [0.15, 0.2) is 30.3 Å². The molecule has 1 amide bonds. The number of amides is 1. The van der Waals surface area contributed by atoms with Crippen molar-refractivity contribution in [2.45, 2.75) is 20.5 Å². The van der Waals surface area contributed by atoms with Gasteiger partial charge in [0.25, 0.3) is 0 Å². The van der Waals surface area contributed by atoms with E-state index in [1.165, 1.54) is 0 Å². The Hall–Kier alpha value is -1.55. The largest absolute Gasteiger partial charge is 0.448 e. The molecule has 0 aliphatic rings. The average molecular weight is 223 g/mol. The summed E-state index contributed by atoms with van der Waals surface area (Å²) in [4.78, 5) is 16.1. The van der Waals surface area contributed by atoms with Gasteiger partial charge in [0.2, 0.25) is 0 Å². The molecule has 4 heteroatoms. The van der Waals surface area contributed by atoms with Gasteiger partial charge in [-0.05, 0) is 11.5 Å². The molecule has 1 rings (SSSR count). The quantitative estimate of drug-likeness (QED) is 0.780. The zero-order valence-corrected chi connectivity index (χ0v) is 9.60. The lowest BCUT2D eigenvalue weighted by molar-refractivity contribution is 0.0154. The number of hydrogen-bond acceptors (Lipinski definition) is 3. The molecule has 0 spiro atoms. The molecule has 0 fully saturated rings. The van der Waals surface area contributed by atoms with E-state index in [-0.39, 0.29) is 0 Å². The summed E-state index contributed by atoms with van der Waals surface area (Å²) in [7, 11) is 0. The van der Waals surface area contributed by atoms with Gasteiger partial charge in [0.15, 0.2) is 0 Å². The fourth-order valence-electron chi connectivity index (χ4n) is 1.02. The summed E-state index contributed by atoms with van der Waals surface area (Å²) < 4.78 is 4.87. The van der Waals surface area contributed by atoms with Crippen molar-refractivity contribution in [1.82, 2.24) is 5.48 Å². The van der Waals surface area contributed by atoms with E-state index in [2.05, 4.69) is 5.48 Å². The Bertz CT molecular complexity index is 311. The Morgan fingerprint density at radius 3 is 2.62 bits per heavy atom. The molecular weight excluding hydrogens is 206 g/mol. The van der Waals surface area contributed by atoms with Gasteiger partial charge in [-0.15, -0.1) is 0 Å². The Morgan fingerprint density at radius 2 is 2.00 bits per heavy atom. The Morgan fingerprint density at radius 1 is 1.31 bits per heavy atom. The van der Waals surface area contributed by atoms with E-state index in [1.807, 2.05) is 44.2 Å². The predicted molar refractivity (Wildman–Crippen MR) is 60.6 cm³/mol. The molecule has 0 saturated heterocycles. The van der Waals surface area contributed by atoms with Crippen molar-refractivity contribution in [3.63, 3.8) is 0 Å². The normalized spacial score (nSPS) is 10.2.